The van der Waals surface area contributed by atoms with Crippen molar-refractivity contribution in [2.45, 2.75) is 6.92 Å². The molecule has 2 rings (SSSR count). The number of nitrogens with one attached hydrogen (secondary N) is 1. The average Bonchev–Trinajstić information content (AvgIpc) is 2.18. The van der Waals surface area contributed by atoms with E-state index in [1.54, 1.807) is 18.3 Å². The lowest BCUT2D eigenvalue weighted by atomic mass is 10.2. The topological polar surface area (TPSA) is 45.8 Å². The molecule has 0 spiro atoms. The van der Waals surface area contributed by atoms with Crippen LogP contribution in [0.4, 0.5) is 0 Å². The first-order chi connectivity index (χ1) is 6.75. The molecule has 3 heteroatoms. The summed E-state index contributed by atoms with van der Waals surface area (Å²) < 4.78 is 0. The van der Waals surface area contributed by atoms with Crippen molar-refractivity contribution in [3.8, 4) is 11.4 Å². The molecule has 0 unspecified atom stereocenters. The van der Waals surface area contributed by atoms with E-state index in [2.05, 4.69) is 9.97 Å². The Labute approximate surface area is 81.5 Å². The molecule has 0 atom stereocenters. The van der Waals surface area contributed by atoms with Gasteiger partial charge in [-0.1, -0.05) is 6.07 Å². The second kappa shape index (κ2) is 3.46. The Kier molecular flexibility index (Phi) is 2.14. The third-order valence-corrected chi connectivity index (χ3v) is 1.92. The van der Waals surface area contributed by atoms with E-state index in [0.29, 0.717) is 0 Å². The Morgan fingerprint density at radius 2 is 2.14 bits per heavy atom. The van der Waals surface area contributed by atoms with Crippen molar-refractivity contribution in [3.63, 3.8) is 0 Å². The summed E-state index contributed by atoms with van der Waals surface area (Å²) in [4.78, 5) is 18.5. The zero-order valence-corrected chi connectivity index (χ0v) is 7.82. The van der Waals surface area contributed by atoms with Gasteiger partial charge < -0.3 is 4.98 Å². The van der Waals surface area contributed by atoms with Crippen LogP contribution in [0.5, 0.6) is 0 Å². The van der Waals surface area contributed by atoms with Crippen LogP contribution in [-0.4, -0.2) is 9.97 Å². The molecule has 0 fully saturated rings. The van der Waals surface area contributed by atoms with Crippen LogP contribution in [-0.2, 0) is 0 Å². The number of pyridine rings is 2. The molecule has 0 amide bonds. The van der Waals surface area contributed by atoms with Crippen LogP contribution in [0.15, 0.2) is 41.3 Å². The molecule has 2 heterocycles. The number of aryl methyl sites for hydroxylation is 1. The van der Waals surface area contributed by atoms with Crippen LogP contribution < -0.4 is 5.43 Å². The number of hydrogen-bond donors (Lipinski definition) is 1. The predicted octanol–water partition coefficient (Wildman–Crippen LogP) is 1.75. The van der Waals surface area contributed by atoms with Crippen molar-refractivity contribution in [2.24, 2.45) is 0 Å². The number of nitrogens with zero attached hydrogens (tertiary/aromatic N) is 1. The lowest BCUT2D eigenvalue weighted by Gasteiger charge is -2.01. The van der Waals surface area contributed by atoms with Crippen LogP contribution in [0.2, 0.25) is 0 Å². The lowest BCUT2D eigenvalue weighted by molar-refractivity contribution is 1.16. The monoisotopic (exact) mass is 186 g/mol. The van der Waals surface area contributed by atoms with Gasteiger partial charge in [0.2, 0.25) is 0 Å². The first-order valence-corrected chi connectivity index (χ1v) is 4.38. The summed E-state index contributed by atoms with van der Waals surface area (Å²) in [7, 11) is 0. The molecule has 1 N–H and O–H groups in total. The summed E-state index contributed by atoms with van der Waals surface area (Å²) in [6.45, 7) is 1.86. The van der Waals surface area contributed by atoms with Gasteiger partial charge in [0.25, 0.3) is 0 Å². The van der Waals surface area contributed by atoms with Crippen LogP contribution >= 0.6 is 0 Å². The van der Waals surface area contributed by atoms with Gasteiger partial charge in [0.15, 0.2) is 5.43 Å². The maximum atomic E-state index is 11.2. The maximum Gasteiger partial charge on any atom is 0.182 e. The number of hydrogen-bond acceptors (Lipinski definition) is 2. The lowest BCUT2D eigenvalue weighted by Crippen LogP contribution is -2.02. The van der Waals surface area contributed by atoms with Gasteiger partial charge in [-0.15, -0.1) is 0 Å². The third-order valence-electron chi connectivity index (χ3n) is 1.92. The molecule has 14 heavy (non-hydrogen) atoms. The minimum Gasteiger partial charge on any atom is -0.357 e. The Morgan fingerprint density at radius 1 is 1.29 bits per heavy atom. The van der Waals surface area contributed by atoms with E-state index in [1.807, 2.05) is 25.1 Å². The predicted molar refractivity (Wildman–Crippen MR) is 55.0 cm³/mol. The zero-order chi connectivity index (χ0) is 9.97. The Morgan fingerprint density at radius 3 is 2.79 bits per heavy atom. The van der Waals surface area contributed by atoms with Gasteiger partial charge in [-0.25, -0.2) is 0 Å². The average molecular weight is 186 g/mol. The van der Waals surface area contributed by atoms with E-state index < -0.39 is 0 Å². The van der Waals surface area contributed by atoms with Crippen LogP contribution in [0, 0.1) is 6.92 Å². The van der Waals surface area contributed by atoms with Crippen molar-refractivity contribution >= 4 is 0 Å². The number of rotatable bonds is 1. The van der Waals surface area contributed by atoms with Gasteiger partial charge in [0.05, 0.1) is 11.4 Å². The number of aromatic amines is 1. The molecular formula is C11H10N2O. The molecule has 0 saturated heterocycles. The Hall–Kier alpha value is -1.90. The fourth-order valence-electron chi connectivity index (χ4n) is 1.34. The standard InChI is InChI=1S/C11H10N2O/c1-8-6-9(14)7-11(13-8)10-4-2-3-5-12-10/h2-7H,1H3,(H,13,14). The third kappa shape index (κ3) is 1.71. The molecule has 70 valence electrons. The highest BCUT2D eigenvalue weighted by Gasteiger charge is 1.99. The quantitative estimate of drug-likeness (QED) is 0.737. The Balaban J connectivity index is 2.58. The van der Waals surface area contributed by atoms with Gasteiger partial charge >= 0.3 is 0 Å². The summed E-state index contributed by atoms with van der Waals surface area (Å²) in [6.07, 6.45) is 1.70. The van der Waals surface area contributed by atoms with Crippen molar-refractivity contribution in [1.29, 1.82) is 0 Å². The second-order valence-electron chi connectivity index (χ2n) is 3.13. The summed E-state index contributed by atoms with van der Waals surface area (Å²) in [5.41, 5.74) is 2.39. The van der Waals surface area contributed by atoms with Crippen LogP contribution in [0.3, 0.4) is 0 Å². The maximum absolute atomic E-state index is 11.2. The molecule has 2 aromatic rings. The van der Waals surface area contributed by atoms with Crippen molar-refractivity contribution < 1.29 is 0 Å². The van der Waals surface area contributed by atoms with Crippen LogP contribution in [0.1, 0.15) is 5.69 Å². The van der Waals surface area contributed by atoms with E-state index in [0.717, 1.165) is 17.1 Å². The van der Waals surface area contributed by atoms with E-state index in [4.69, 9.17) is 0 Å². The molecule has 0 bridgehead atoms. The highest BCUT2D eigenvalue weighted by Crippen LogP contribution is 2.10. The smallest absolute Gasteiger partial charge is 0.182 e. The molecule has 0 radical (unpaired) electrons. The molecule has 0 saturated carbocycles. The van der Waals surface area contributed by atoms with Gasteiger partial charge in [-0.2, -0.15) is 0 Å². The van der Waals surface area contributed by atoms with E-state index in [9.17, 15) is 4.79 Å². The van der Waals surface area contributed by atoms with Gasteiger partial charge in [-0.3, -0.25) is 9.78 Å². The largest absolute Gasteiger partial charge is 0.357 e. The summed E-state index contributed by atoms with van der Waals surface area (Å²) in [5, 5.41) is 0. The van der Waals surface area contributed by atoms with Gasteiger partial charge in [0.1, 0.15) is 0 Å². The van der Waals surface area contributed by atoms with Crippen molar-refractivity contribution in [1.82, 2.24) is 9.97 Å². The fourth-order valence-corrected chi connectivity index (χ4v) is 1.34. The van der Waals surface area contributed by atoms with E-state index in [-0.39, 0.29) is 5.43 Å². The Bertz CT molecular complexity index is 488. The highest BCUT2D eigenvalue weighted by atomic mass is 16.1. The van der Waals surface area contributed by atoms with Gasteiger partial charge in [0, 0.05) is 24.0 Å². The molecule has 0 aliphatic rings. The minimum atomic E-state index is 0.00176. The number of aromatic nitrogens is 2. The highest BCUT2D eigenvalue weighted by molar-refractivity contribution is 5.53. The molecule has 0 aliphatic carbocycles. The summed E-state index contributed by atoms with van der Waals surface area (Å²) in [5.74, 6) is 0. The van der Waals surface area contributed by atoms with Crippen LogP contribution in [0.25, 0.3) is 11.4 Å². The first kappa shape index (κ1) is 8.69. The second-order valence-corrected chi connectivity index (χ2v) is 3.13. The van der Waals surface area contributed by atoms with Gasteiger partial charge in [-0.05, 0) is 19.1 Å². The van der Waals surface area contributed by atoms with E-state index in [1.165, 1.54) is 0 Å². The SMILES string of the molecule is Cc1cc(=O)cc(-c2ccccn2)[nH]1. The molecule has 0 aliphatic heterocycles. The minimum absolute atomic E-state index is 0.00176. The first-order valence-electron chi connectivity index (χ1n) is 4.38. The summed E-state index contributed by atoms with van der Waals surface area (Å²) >= 11 is 0. The fraction of sp³-hybridized carbons (Fsp3) is 0.0909. The molecule has 0 aromatic carbocycles. The van der Waals surface area contributed by atoms with E-state index >= 15 is 0 Å². The molecule has 2 aromatic heterocycles. The molecular weight excluding hydrogens is 176 g/mol. The van der Waals surface area contributed by atoms with Crippen molar-refractivity contribution in [3.05, 3.63) is 52.4 Å². The summed E-state index contributed by atoms with van der Waals surface area (Å²) in [6, 6.07) is 8.72. The zero-order valence-electron chi connectivity index (χ0n) is 7.82. The molecule has 3 nitrogen and oxygen atoms in total. The van der Waals surface area contributed by atoms with Crippen molar-refractivity contribution in [2.75, 3.05) is 0 Å². The normalized spacial score (nSPS) is 10.1. The number of H-pyrrole nitrogens is 1.